The Balaban J connectivity index is 2.30. The van der Waals surface area contributed by atoms with Crippen LogP contribution in [0.2, 0.25) is 0 Å². The molecule has 0 radical (unpaired) electrons. The van der Waals surface area contributed by atoms with Gasteiger partial charge in [0.05, 0.1) is 6.61 Å². The molecule has 0 saturated carbocycles. The van der Waals surface area contributed by atoms with Crippen molar-refractivity contribution in [3.8, 4) is 16.9 Å². The van der Waals surface area contributed by atoms with E-state index in [0.29, 0.717) is 30.0 Å². The van der Waals surface area contributed by atoms with Gasteiger partial charge < -0.3 is 9.64 Å². The van der Waals surface area contributed by atoms with Crippen LogP contribution in [0.3, 0.4) is 0 Å². The zero-order valence-corrected chi connectivity index (χ0v) is 17.5. The molecule has 152 valence electrons. The summed E-state index contributed by atoms with van der Waals surface area (Å²) >= 11 is 0. The molecule has 2 aromatic carbocycles. The molecule has 0 atom stereocenters. The lowest BCUT2D eigenvalue weighted by atomic mass is 10.0. The first-order valence-corrected chi connectivity index (χ1v) is 9.60. The lowest BCUT2D eigenvalue weighted by Crippen LogP contribution is -2.28. The number of carbonyl (C=O) groups excluding carboxylic acids is 1. The largest absolute Gasteiger partial charge is 0.493 e. The maximum Gasteiger partial charge on any atom is 0.254 e. The molecule has 0 unspecified atom stereocenters. The van der Waals surface area contributed by atoms with Gasteiger partial charge in [-0.3, -0.25) is 4.79 Å². The van der Waals surface area contributed by atoms with Gasteiger partial charge in [-0.15, -0.1) is 0 Å². The quantitative estimate of drug-likeness (QED) is 0.512. The second kappa shape index (κ2) is 10.4. The minimum atomic E-state index is -0.315. The highest BCUT2D eigenvalue weighted by atomic mass is 19.1. The van der Waals surface area contributed by atoms with E-state index in [4.69, 9.17) is 4.74 Å². The van der Waals surface area contributed by atoms with Crippen LogP contribution in [-0.2, 0) is 0 Å². The van der Waals surface area contributed by atoms with Crippen molar-refractivity contribution in [3.63, 3.8) is 0 Å². The van der Waals surface area contributed by atoms with E-state index in [9.17, 15) is 9.18 Å². The molecule has 1 amide bonds. The van der Waals surface area contributed by atoms with Crippen LogP contribution in [0, 0.1) is 5.82 Å². The minimum absolute atomic E-state index is 0.123. The number of likely N-dealkylation sites (N-methyl/N-ethyl adjacent to an activating group) is 1. The van der Waals surface area contributed by atoms with Crippen molar-refractivity contribution in [1.82, 2.24) is 4.90 Å². The van der Waals surface area contributed by atoms with Gasteiger partial charge in [-0.25, -0.2) is 4.39 Å². The van der Waals surface area contributed by atoms with Gasteiger partial charge >= 0.3 is 0 Å². The molecule has 0 bridgehead atoms. The Morgan fingerprint density at radius 1 is 1.17 bits per heavy atom. The Morgan fingerprint density at radius 2 is 1.93 bits per heavy atom. The van der Waals surface area contributed by atoms with E-state index >= 15 is 0 Å². The van der Waals surface area contributed by atoms with Crippen LogP contribution in [0.1, 0.15) is 31.1 Å². The normalized spacial score (nSPS) is 11.0. The highest BCUT2D eigenvalue weighted by Crippen LogP contribution is 2.32. The smallest absolute Gasteiger partial charge is 0.254 e. The summed E-state index contributed by atoms with van der Waals surface area (Å²) in [5, 5.41) is 0. The van der Waals surface area contributed by atoms with Crippen LogP contribution in [0.25, 0.3) is 11.1 Å². The summed E-state index contributed by atoms with van der Waals surface area (Å²) in [4.78, 5) is 14.6. The Bertz CT molecular complexity index is 940. The van der Waals surface area contributed by atoms with Crippen molar-refractivity contribution in [2.75, 3.05) is 20.2 Å². The summed E-state index contributed by atoms with van der Waals surface area (Å²) in [6.45, 7) is 10.6. The standard InChI is InChI=1S/C25H28FNO2/c1-6-19(12-11-18(3)4)17-27(5)25(28)21-13-14-23(24(16-21)29-7-2)20-9-8-10-22(26)15-20/h6,8-16H,1,7,17H2,2-5H3/b19-12+. The minimum Gasteiger partial charge on any atom is -0.493 e. The van der Waals surface area contributed by atoms with Gasteiger partial charge in [0.25, 0.3) is 5.91 Å². The second-order valence-corrected chi connectivity index (χ2v) is 7.01. The van der Waals surface area contributed by atoms with Crippen LogP contribution in [0.15, 0.2) is 78.4 Å². The third kappa shape index (κ3) is 6.18. The molecule has 29 heavy (non-hydrogen) atoms. The van der Waals surface area contributed by atoms with Gasteiger partial charge in [-0.2, -0.15) is 0 Å². The highest BCUT2D eigenvalue weighted by Gasteiger charge is 2.16. The number of carbonyl (C=O) groups is 1. The number of halogens is 1. The van der Waals surface area contributed by atoms with Crippen molar-refractivity contribution >= 4 is 5.91 Å². The van der Waals surface area contributed by atoms with Gasteiger partial charge in [0.15, 0.2) is 0 Å². The fraction of sp³-hybridized carbons (Fsp3) is 0.240. The number of hydrogen-bond acceptors (Lipinski definition) is 2. The lowest BCUT2D eigenvalue weighted by molar-refractivity contribution is 0.0807. The highest BCUT2D eigenvalue weighted by molar-refractivity contribution is 5.95. The Labute approximate surface area is 172 Å². The first-order chi connectivity index (χ1) is 13.8. The molecule has 0 fully saturated rings. The predicted octanol–water partition coefficient (Wildman–Crippen LogP) is 6.04. The van der Waals surface area contributed by atoms with E-state index in [1.165, 1.54) is 17.7 Å². The third-order valence-corrected chi connectivity index (χ3v) is 4.32. The molecule has 0 N–H and O–H groups in total. The zero-order chi connectivity index (χ0) is 21.4. The van der Waals surface area contributed by atoms with Crippen molar-refractivity contribution < 1.29 is 13.9 Å². The fourth-order valence-electron chi connectivity index (χ4n) is 2.85. The van der Waals surface area contributed by atoms with Gasteiger partial charge in [0.2, 0.25) is 0 Å². The maximum atomic E-state index is 13.6. The van der Waals surface area contributed by atoms with Crippen LogP contribution in [0.5, 0.6) is 5.75 Å². The monoisotopic (exact) mass is 393 g/mol. The van der Waals surface area contributed by atoms with Gasteiger partial charge in [-0.1, -0.05) is 42.5 Å². The van der Waals surface area contributed by atoms with E-state index in [0.717, 1.165) is 11.1 Å². The Morgan fingerprint density at radius 3 is 2.55 bits per heavy atom. The summed E-state index contributed by atoms with van der Waals surface area (Å²) in [6.07, 6.45) is 5.71. The number of rotatable bonds is 8. The van der Waals surface area contributed by atoms with E-state index in [1.54, 1.807) is 42.3 Å². The van der Waals surface area contributed by atoms with E-state index in [-0.39, 0.29) is 11.7 Å². The summed E-state index contributed by atoms with van der Waals surface area (Å²) in [7, 11) is 1.75. The number of allylic oxidation sites excluding steroid dienone is 3. The topological polar surface area (TPSA) is 29.5 Å². The van der Waals surface area contributed by atoms with Crippen molar-refractivity contribution in [1.29, 1.82) is 0 Å². The number of nitrogens with zero attached hydrogens (tertiary/aromatic N) is 1. The first-order valence-electron chi connectivity index (χ1n) is 9.60. The number of amides is 1. The zero-order valence-electron chi connectivity index (χ0n) is 17.5. The van der Waals surface area contributed by atoms with Gasteiger partial charge in [0, 0.05) is 24.7 Å². The van der Waals surface area contributed by atoms with E-state index in [1.807, 2.05) is 39.0 Å². The van der Waals surface area contributed by atoms with Crippen molar-refractivity contribution in [2.45, 2.75) is 20.8 Å². The molecule has 0 aliphatic rings. The number of benzene rings is 2. The summed E-state index contributed by atoms with van der Waals surface area (Å²) < 4.78 is 19.4. The van der Waals surface area contributed by atoms with E-state index in [2.05, 4.69) is 6.58 Å². The molecule has 0 saturated heterocycles. The SMILES string of the molecule is C=C/C(=C\C=C(C)C)CN(C)C(=O)c1ccc(-c2cccc(F)c2)c(OCC)c1. The molecule has 0 aliphatic carbocycles. The molecular weight excluding hydrogens is 365 g/mol. The molecule has 0 spiro atoms. The molecule has 2 rings (SSSR count). The summed E-state index contributed by atoms with van der Waals surface area (Å²) in [5.74, 6) is 0.119. The first kappa shape index (κ1) is 22.2. The fourth-order valence-corrected chi connectivity index (χ4v) is 2.85. The number of hydrogen-bond donors (Lipinski definition) is 0. The molecule has 2 aromatic rings. The summed E-state index contributed by atoms with van der Waals surface area (Å²) in [5.41, 5.74) is 4.10. The average molecular weight is 394 g/mol. The lowest BCUT2D eigenvalue weighted by Gasteiger charge is -2.19. The second-order valence-electron chi connectivity index (χ2n) is 7.01. The molecule has 3 nitrogen and oxygen atoms in total. The molecular formula is C25H28FNO2. The van der Waals surface area contributed by atoms with Crippen LogP contribution in [-0.4, -0.2) is 31.0 Å². The Hall–Kier alpha value is -3.14. The molecule has 0 aromatic heterocycles. The van der Waals surface area contributed by atoms with Crippen LogP contribution < -0.4 is 4.74 Å². The van der Waals surface area contributed by atoms with Gasteiger partial charge in [0.1, 0.15) is 11.6 Å². The summed E-state index contributed by atoms with van der Waals surface area (Å²) in [6, 6.07) is 11.6. The van der Waals surface area contributed by atoms with Crippen molar-refractivity contribution in [2.24, 2.45) is 0 Å². The maximum absolute atomic E-state index is 13.6. The molecule has 0 aliphatic heterocycles. The Kier molecular flexibility index (Phi) is 7.96. The number of ether oxygens (including phenoxy) is 1. The van der Waals surface area contributed by atoms with Crippen LogP contribution in [0.4, 0.5) is 4.39 Å². The van der Waals surface area contributed by atoms with Gasteiger partial charge in [-0.05, 0) is 62.2 Å². The average Bonchev–Trinajstić information content (AvgIpc) is 2.70. The molecule has 0 heterocycles. The third-order valence-electron chi connectivity index (χ3n) is 4.32. The predicted molar refractivity (Wildman–Crippen MR) is 118 cm³/mol. The van der Waals surface area contributed by atoms with Crippen molar-refractivity contribution in [3.05, 3.63) is 89.8 Å². The van der Waals surface area contributed by atoms with E-state index < -0.39 is 0 Å². The molecule has 4 heteroatoms. The van der Waals surface area contributed by atoms with Crippen LogP contribution >= 0.6 is 0 Å².